The number of aliphatic carboxylic acids is 1. The largest absolute Gasteiger partial charge is 0.480 e. The molecule has 1 aliphatic rings. The van der Waals surface area contributed by atoms with Gasteiger partial charge in [-0.1, -0.05) is 64.4 Å². The molecule has 1 heterocycles. The zero-order valence-corrected chi connectivity index (χ0v) is 31.5. The molecular formula is C36H56N8O10. The highest BCUT2D eigenvalue weighted by molar-refractivity contribution is 5.98. The number of rotatable bonds is 21. The number of nitrogens with two attached hydrogens (primary N) is 2. The van der Waals surface area contributed by atoms with Crippen LogP contribution >= 0.6 is 0 Å². The fourth-order valence-electron chi connectivity index (χ4n) is 5.91. The van der Waals surface area contributed by atoms with Gasteiger partial charge < -0.3 is 53.2 Å². The standard InChI is InChI=1S/C36H56N8O10/c1-6-20(4)29(43-30(47)21(5)39-31(48)23(37)15-19(2)3)35(52)44-14-10-13-27(44)34(51)41-24(16-22-11-8-7-9-12-22)32(49)40-25(17-28(38)46)33(50)42-26(18-45)36(53)54/h7-9,11-12,19-21,23-27,29,45H,6,10,13-18,37H2,1-5H3,(H2,38,46)(H,39,48)(H,40,49)(H,41,51)(H,42,50)(H,43,47)(H,53,54). The molecule has 300 valence electrons. The number of nitrogens with zero attached hydrogens (tertiary/aromatic N) is 1. The Bertz CT molecular complexity index is 1490. The molecule has 1 aromatic carbocycles. The number of likely N-dealkylation sites (tertiary alicyclic amines) is 1. The fourth-order valence-corrected chi connectivity index (χ4v) is 5.91. The number of primary amides is 1. The zero-order chi connectivity index (χ0) is 40.7. The van der Waals surface area contributed by atoms with Crippen molar-refractivity contribution in [2.75, 3.05) is 13.2 Å². The lowest BCUT2D eigenvalue weighted by molar-refractivity contribution is -0.144. The van der Waals surface area contributed by atoms with E-state index in [0.717, 1.165) is 0 Å². The number of carbonyl (C=O) groups excluding carboxylic acids is 7. The Morgan fingerprint density at radius 2 is 1.44 bits per heavy atom. The Kier molecular flexibility index (Phi) is 18.0. The summed E-state index contributed by atoms with van der Waals surface area (Å²) >= 11 is 0. The molecule has 1 aliphatic heterocycles. The number of hydrogen-bond donors (Lipinski definition) is 9. The first-order chi connectivity index (χ1) is 25.4. The third kappa shape index (κ3) is 13.7. The van der Waals surface area contributed by atoms with E-state index >= 15 is 0 Å². The number of aliphatic hydroxyl groups is 1. The smallest absolute Gasteiger partial charge is 0.328 e. The van der Waals surface area contributed by atoms with E-state index in [0.29, 0.717) is 24.8 Å². The summed E-state index contributed by atoms with van der Waals surface area (Å²) in [5.41, 5.74) is 11.9. The minimum absolute atomic E-state index is 0.0750. The van der Waals surface area contributed by atoms with Crippen molar-refractivity contribution in [1.82, 2.24) is 31.5 Å². The summed E-state index contributed by atoms with van der Waals surface area (Å²) in [4.78, 5) is 105. The first-order valence-corrected chi connectivity index (χ1v) is 18.1. The van der Waals surface area contributed by atoms with Gasteiger partial charge in [0.2, 0.25) is 41.4 Å². The van der Waals surface area contributed by atoms with Crippen molar-refractivity contribution in [3.05, 3.63) is 35.9 Å². The molecule has 0 radical (unpaired) electrons. The lowest BCUT2D eigenvalue weighted by Gasteiger charge is -2.32. The van der Waals surface area contributed by atoms with Gasteiger partial charge in [-0.25, -0.2) is 4.79 Å². The highest BCUT2D eigenvalue weighted by Crippen LogP contribution is 2.22. The third-order valence-corrected chi connectivity index (χ3v) is 9.18. The van der Waals surface area contributed by atoms with Crippen LogP contribution in [0.3, 0.4) is 0 Å². The van der Waals surface area contributed by atoms with E-state index in [-0.39, 0.29) is 31.2 Å². The maximum absolute atomic E-state index is 14.1. The van der Waals surface area contributed by atoms with Crippen LogP contribution in [-0.4, -0.2) is 118 Å². The lowest BCUT2D eigenvalue weighted by atomic mass is 9.96. The van der Waals surface area contributed by atoms with E-state index in [1.165, 1.54) is 11.8 Å². The average molecular weight is 761 g/mol. The lowest BCUT2D eigenvalue weighted by Crippen LogP contribution is -2.60. The molecule has 7 amide bonds. The molecule has 0 bridgehead atoms. The van der Waals surface area contributed by atoms with Crippen molar-refractivity contribution in [2.24, 2.45) is 23.3 Å². The Labute approximate surface area is 314 Å². The van der Waals surface area contributed by atoms with E-state index in [1.807, 2.05) is 26.1 Å². The summed E-state index contributed by atoms with van der Waals surface area (Å²) in [5, 5.41) is 31.0. The maximum Gasteiger partial charge on any atom is 0.328 e. The predicted octanol–water partition coefficient (Wildman–Crippen LogP) is -1.96. The van der Waals surface area contributed by atoms with Crippen LogP contribution in [0.5, 0.6) is 0 Å². The summed E-state index contributed by atoms with van der Waals surface area (Å²) < 4.78 is 0. The number of nitrogens with one attached hydrogen (secondary N) is 5. The molecule has 11 N–H and O–H groups in total. The Morgan fingerprint density at radius 3 is 2.00 bits per heavy atom. The number of carboxylic acid groups (broad SMARTS) is 1. The van der Waals surface area contributed by atoms with E-state index < -0.39 is 103 Å². The van der Waals surface area contributed by atoms with Gasteiger partial charge in [0.25, 0.3) is 0 Å². The van der Waals surface area contributed by atoms with Gasteiger partial charge in [0.15, 0.2) is 0 Å². The first-order valence-electron chi connectivity index (χ1n) is 18.1. The van der Waals surface area contributed by atoms with Crippen molar-refractivity contribution < 1.29 is 48.6 Å². The van der Waals surface area contributed by atoms with E-state index in [4.69, 9.17) is 11.5 Å². The number of benzene rings is 1. The van der Waals surface area contributed by atoms with Gasteiger partial charge in [-0.2, -0.15) is 0 Å². The van der Waals surface area contributed by atoms with Crippen molar-refractivity contribution in [3.8, 4) is 0 Å². The van der Waals surface area contributed by atoms with Gasteiger partial charge in [0.1, 0.15) is 36.3 Å². The second-order valence-corrected chi connectivity index (χ2v) is 14.1. The van der Waals surface area contributed by atoms with Crippen LogP contribution in [0.2, 0.25) is 0 Å². The second kappa shape index (κ2) is 21.6. The van der Waals surface area contributed by atoms with Crippen LogP contribution in [-0.2, 0) is 44.8 Å². The Morgan fingerprint density at radius 1 is 0.833 bits per heavy atom. The molecule has 0 saturated carbocycles. The van der Waals surface area contributed by atoms with Gasteiger partial charge in [0.05, 0.1) is 19.1 Å². The molecule has 1 fully saturated rings. The van der Waals surface area contributed by atoms with Crippen LogP contribution in [0.25, 0.3) is 0 Å². The highest BCUT2D eigenvalue weighted by atomic mass is 16.4. The molecule has 1 saturated heterocycles. The third-order valence-electron chi connectivity index (χ3n) is 9.18. The van der Waals surface area contributed by atoms with Gasteiger partial charge >= 0.3 is 5.97 Å². The number of carbonyl (C=O) groups is 8. The van der Waals surface area contributed by atoms with Gasteiger partial charge in [-0.15, -0.1) is 0 Å². The number of aliphatic hydroxyl groups excluding tert-OH is 1. The van der Waals surface area contributed by atoms with Crippen molar-refractivity contribution >= 4 is 47.3 Å². The minimum atomic E-state index is -1.73. The van der Waals surface area contributed by atoms with Gasteiger partial charge in [-0.05, 0) is 43.6 Å². The van der Waals surface area contributed by atoms with Crippen LogP contribution in [0.1, 0.15) is 72.3 Å². The summed E-state index contributed by atoms with van der Waals surface area (Å²) in [5.74, 6) is -7.10. The minimum Gasteiger partial charge on any atom is -0.480 e. The number of hydrogen-bond acceptors (Lipinski definition) is 10. The van der Waals surface area contributed by atoms with Gasteiger partial charge in [0, 0.05) is 13.0 Å². The molecule has 18 heteroatoms. The predicted molar refractivity (Wildman–Crippen MR) is 196 cm³/mol. The topological polar surface area (TPSA) is 292 Å². The van der Waals surface area contributed by atoms with Crippen LogP contribution in [0.15, 0.2) is 30.3 Å². The van der Waals surface area contributed by atoms with E-state index in [9.17, 15) is 48.6 Å². The zero-order valence-electron chi connectivity index (χ0n) is 31.5. The summed E-state index contributed by atoms with van der Waals surface area (Å²) in [7, 11) is 0. The molecule has 0 aromatic heterocycles. The molecular weight excluding hydrogens is 704 g/mol. The SMILES string of the molecule is CCC(C)C(NC(=O)C(C)NC(=O)C(N)CC(C)C)C(=O)N1CCCC1C(=O)NC(Cc1ccccc1)C(=O)NC(CC(N)=O)C(=O)NC(CO)C(=O)O. The molecule has 8 atom stereocenters. The summed E-state index contributed by atoms with van der Waals surface area (Å²) in [6.07, 6.45) is 0.796. The molecule has 1 aromatic rings. The van der Waals surface area contributed by atoms with E-state index in [2.05, 4.69) is 21.3 Å². The first kappa shape index (κ1) is 45.1. The Balaban J connectivity index is 2.30. The van der Waals surface area contributed by atoms with Crippen LogP contribution < -0.4 is 38.1 Å². The van der Waals surface area contributed by atoms with Gasteiger partial charge in [-0.3, -0.25) is 33.6 Å². The molecule has 2 rings (SSSR count). The molecule has 8 unspecified atom stereocenters. The van der Waals surface area contributed by atoms with Crippen molar-refractivity contribution in [1.29, 1.82) is 0 Å². The Hall–Kier alpha value is -5.10. The van der Waals surface area contributed by atoms with E-state index in [1.54, 1.807) is 37.3 Å². The monoisotopic (exact) mass is 760 g/mol. The second-order valence-electron chi connectivity index (χ2n) is 14.1. The number of amides is 7. The van der Waals surface area contributed by atoms with Crippen molar-refractivity contribution in [2.45, 2.75) is 115 Å². The maximum atomic E-state index is 14.1. The van der Waals surface area contributed by atoms with Crippen LogP contribution in [0.4, 0.5) is 0 Å². The highest BCUT2D eigenvalue weighted by Gasteiger charge is 2.41. The van der Waals surface area contributed by atoms with Crippen molar-refractivity contribution in [3.63, 3.8) is 0 Å². The fraction of sp³-hybridized carbons (Fsp3) is 0.611. The molecule has 18 nitrogen and oxygen atoms in total. The normalized spacial score (nSPS) is 17.9. The molecule has 0 spiro atoms. The number of carboxylic acids is 1. The quantitative estimate of drug-likeness (QED) is 0.0663. The molecule has 0 aliphatic carbocycles. The van der Waals surface area contributed by atoms with Crippen LogP contribution in [0, 0.1) is 11.8 Å². The summed E-state index contributed by atoms with van der Waals surface area (Å²) in [6, 6.07) is -0.0674. The molecule has 54 heavy (non-hydrogen) atoms. The average Bonchev–Trinajstić information content (AvgIpc) is 3.61. The summed E-state index contributed by atoms with van der Waals surface area (Å²) in [6.45, 7) is 8.14.